The van der Waals surface area contributed by atoms with Crippen molar-refractivity contribution in [2.45, 2.75) is 25.7 Å². The molecule has 1 aromatic rings. The Morgan fingerprint density at radius 2 is 2.06 bits per heavy atom. The molecule has 2 atom stereocenters. The van der Waals surface area contributed by atoms with Crippen LogP contribution in [0, 0.1) is 5.92 Å². The van der Waals surface area contributed by atoms with E-state index in [4.69, 9.17) is 5.11 Å². The average Bonchev–Trinajstić information content (AvgIpc) is 3.19. The Labute approximate surface area is 108 Å². The lowest BCUT2D eigenvalue weighted by atomic mass is 10.1. The number of hydrogen-bond acceptors (Lipinski definition) is 2. The summed E-state index contributed by atoms with van der Waals surface area (Å²) < 4.78 is 0. The van der Waals surface area contributed by atoms with E-state index >= 15 is 0 Å². The molecule has 2 rings (SSSR count). The van der Waals surface area contributed by atoms with Gasteiger partial charge in [0.15, 0.2) is 0 Å². The Bertz CT molecular complexity index is 385. The first-order valence-corrected chi connectivity index (χ1v) is 6.72. The van der Waals surface area contributed by atoms with E-state index in [1.54, 1.807) is 4.90 Å². The van der Waals surface area contributed by atoms with Gasteiger partial charge in [-0.1, -0.05) is 37.3 Å². The van der Waals surface area contributed by atoms with Gasteiger partial charge in [0.25, 0.3) is 0 Å². The monoisotopic (exact) mass is 247 g/mol. The smallest absolute Gasteiger partial charge is 0.226 e. The van der Waals surface area contributed by atoms with Crippen molar-refractivity contribution in [2.24, 2.45) is 5.92 Å². The van der Waals surface area contributed by atoms with E-state index in [1.807, 2.05) is 18.2 Å². The van der Waals surface area contributed by atoms with Crippen LogP contribution in [-0.2, 0) is 4.79 Å². The van der Waals surface area contributed by atoms with Gasteiger partial charge in [-0.15, -0.1) is 0 Å². The Kier molecular flexibility index (Phi) is 4.37. The Morgan fingerprint density at radius 1 is 1.33 bits per heavy atom. The van der Waals surface area contributed by atoms with Crippen molar-refractivity contribution in [2.75, 3.05) is 19.7 Å². The quantitative estimate of drug-likeness (QED) is 0.835. The summed E-state index contributed by atoms with van der Waals surface area (Å²) in [5.74, 6) is 0.724. The lowest BCUT2D eigenvalue weighted by molar-refractivity contribution is -0.133. The highest BCUT2D eigenvalue weighted by atomic mass is 16.3. The molecule has 1 fully saturated rings. The zero-order valence-corrected chi connectivity index (χ0v) is 10.9. The van der Waals surface area contributed by atoms with E-state index in [2.05, 4.69) is 19.1 Å². The molecule has 3 nitrogen and oxygen atoms in total. The van der Waals surface area contributed by atoms with E-state index in [1.165, 1.54) is 5.56 Å². The molecule has 0 heterocycles. The molecule has 1 aliphatic carbocycles. The van der Waals surface area contributed by atoms with Crippen molar-refractivity contribution in [1.29, 1.82) is 0 Å². The summed E-state index contributed by atoms with van der Waals surface area (Å²) >= 11 is 0. The molecule has 2 unspecified atom stereocenters. The number of amides is 1. The molecule has 18 heavy (non-hydrogen) atoms. The molecule has 1 aliphatic rings. The summed E-state index contributed by atoms with van der Waals surface area (Å²) in [6.07, 6.45) is 1.89. The van der Waals surface area contributed by atoms with Gasteiger partial charge in [0.2, 0.25) is 5.91 Å². The van der Waals surface area contributed by atoms with Crippen LogP contribution in [0.25, 0.3) is 0 Å². The number of carbonyl (C=O) groups excluding carboxylic acids is 1. The van der Waals surface area contributed by atoms with Gasteiger partial charge in [0.1, 0.15) is 0 Å². The lowest BCUT2D eigenvalue weighted by Gasteiger charge is -2.21. The highest BCUT2D eigenvalue weighted by molar-refractivity contribution is 5.83. The average molecular weight is 247 g/mol. The second-order valence-electron chi connectivity index (χ2n) is 4.91. The Morgan fingerprint density at radius 3 is 2.67 bits per heavy atom. The predicted molar refractivity (Wildman–Crippen MR) is 71.2 cm³/mol. The third-order valence-corrected chi connectivity index (χ3v) is 3.51. The molecule has 1 aromatic carbocycles. The van der Waals surface area contributed by atoms with Gasteiger partial charge in [-0.05, 0) is 24.3 Å². The molecule has 1 N–H and O–H groups in total. The van der Waals surface area contributed by atoms with Crippen LogP contribution < -0.4 is 0 Å². The third kappa shape index (κ3) is 2.91. The number of nitrogens with zero attached hydrogens (tertiary/aromatic N) is 1. The Hall–Kier alpha value is -1.35. The topological polar surface area (TPSA) is 40.5 Å². The number of hydrogen-bond donors (Lipinski definition) is 1. The largest absolute Gasteiger partial charge is 0.395 e. The lowest BCUT2D eigenvalue weighted by Crippen LogP contribution is -2.35. The van der Waals surface area contributed by atoms with E-state index in [-0.39, 0.29) is 18.4 Å². The zero-order chi connectivity index (χ0) is 13.0. The summed E-state index contributed by atoms with van der Waals surface area (Å²) in [6.45, 7) is 3.32. The van der Waals surface area contributed by atoms with Crippen LogP contribution in [0.3, 0.4) is 0 Å². The maximum absolute atomic E-state index is 12.3. The van der Waals surface area contributed by atoms with E-state index < -0.39 is 0 Å². The van der Waals surface area contributed by atoms with Crippen molar-refractivity contribution < 1.29 is 9.90 Å². The fourth-order valence-electron chi connectivity index (χ4n) is 2.49. The number of rotatable bonds is 6. The van der Waals surface area contributed by atoms with Gasteiger partial charge >= 0.3 is 0 Å². The van der Waals surface area contributed by atoms with Gasteiger partial charge in [-0.2, -0.15) is 0 Å². The molecule has 0 saturated heterocycles. The first kappa shape index (κ1) is 13.1. The normalized spacial score (nSPS) is 21.7. The predicted octanol–water partition coefficient (Wildman–Crippen LogP) is 2.02. The molecule has 0 bridgehead atoms. The highest BCUT2D eigenvalue weighted by Gasteiger charge is 2.45. The molecule has 0 aliphatic heterocycles. The van der Waals surface area contributed by atoms with Crippen molar-refractivity contribution in [3.05, 3.63) is 35.9 Å². The van der Waals surface area contributed by atoms with Gasteiger partial charge in [-0.3, -0.25) is 4.79 Å². The first-order valence-electron chi connectivity index (χ1n) is 6.72. The minimum Gasteiger partial charge on any atom is -0.395 e. The first-order chi connectivity index (χ1) is 8.77. The van der Waals surface area contributed by atoms with Crippen molar-refractivity contribution in [3.63, 3.8) is 0 Å². The maximum Gasteiger partial charge on any atom is 0.226 e. The van der Waals surface area contributed by atoms with Crippen molar-refractivity contribution in [3.8, 4) is 0 Å². The summed E-state index contributed by atoms with van der Waals surface area (Å²) in [4.78, 5) is 14.1. The molecule has 0 aromatic heterocycles. The number of carbonyl (C=O) groups is 1. The van der Waals surface area contributed by atoms with Crippen LogP contribution in [0.2, 0.25) is 0 Å². The third-order valence-electron chi connectivity index (χ3n) is 3.51. The molecule has 0 spiro atoms. The molecule has 0 radical (unpaired) electrons. The van der Waals surface area contributed by atoms with Crippen LogP contribution in [0.15, 0.2) is 30.3 Å². The van der Waals surface area contributed by atoms with Crippen LogP contribution in [0.1, 0.15) is 31.2 Å². The molecule has 3 heteroatoms. The number of aliphatic hydroxyl groups is 1. The fraction of sp³-hybridized carbons (Fsp3) is 0.533. The molecular weight excluding hydrogens is 226 g/mol. The van der Waals surface area contributed by atoms with E-state index in [0.29, 0.717) is 12.5 Å². The van der Waals surface area contributed by atoms with Crippen LogP contribution in [0.5, 0.6) is 0 Å². The minimum absolute atomic E-state index is 0.0501. The summed E-state index contributed by atoms with van der Waals surface area (Å²) in [5.41, 5.74) is 1.26. The van der Waals surface area contributed by atoms with E-state index in [0.717, 1.165) is 19.4 Å². The van der Waals surface area contributed by atoms with Crippen LogP contribution >= 0.6 is 0 Å². The molecular formula is C15H21NO2. The second kappa shape index (κ2) is 6.01. The van der Waals surface area contributed by atoms with Gasteiger partial charge in [0, 0.05) is 19.0 Å². The molecule has 1 saturated carbocycles. The second-order valence-corrected chi connectivity index (χ2v) is 4.91. The number of benzene rings is 1. The van der Waals surface area contributed by atoms with Crippen molar-refractivity contribution in [1.82, 2.24) is 4.90 Å². The highest BCUT2D eigenvalue weighted by Crippen LogP contribution is 2.48. The summed E-state index contributed by atoms with van der Waals surface area (Å²) in [7, 11) is 0. The van der Waals surface area contributed by atoms with Gasteiger partial charge in [0.05, 0.1) is 6.61 Å². The SMILES string of the molecule is CCCN(CCO)C(=O)C1CC1c1ccccc1. The standard InChI is InChI=1S/C15H21NO2/c1-2-8-16(9-10-17)15(18)14-11-13(14)12-6-4-3-5-7-12/h3-7,13-14,17H,2,8-11H2,1H3. The zero-order valence-electron chi connectivity index (χ0n) is 10.9. The van der Waals surface area contributed by atoms with Crippen molar-refractivity contribution >= 4 is 5.91 Å². The molecule has 1 amide bonds. The minimum atomic E-state index is 0.0501. The van der Waals surface area contributed by atoms with Crippen LogP contribution in [-0.4, -0.2) is 35.6 Å². The van der Waals surface area contributed by atoms with Crippen LogP contribution in [0.4, 0.5) is 0 Å². The fourth-order valence-corrected chi connectivity index (χ4v) is 2.49. The van der Waals surface area contributed by atoms with Gasteiger partial charge < -0.3 is 10.0 Å². The summed E-state index contributed by atoms with van der Waals surface area (Å²) in [6, 6.07) is 10.2. The summed E-state index contributed by atoms with van der Waals surface area (Å²) in [5, 5.41) is 9.00. The number of aliphatic hydroxyl groups excluding tert-OH is 1. The maximum atomic E-state index is 12.3. The molecule has 98 valence electrons. The van der Waals surface area contributed by atoms with Gasteiger partial charge in [-0.25, -0.2) is 0 Å². The Balaban J connectivity index is 1.95. The van der Waals surface area contributed by atoms with E-state index in [9.17, 15) is 4.79 Å².